The minimum atomic E-state index is -1.03. The number of alkyl halides is 1. The zero-order chi connectivity index (χ0) is 8.91. The molecule has 0 saturated heterocycles. The Hall–Kier alpha value is -0.110. The van der Waals surface area contributed by atoms with Crippen LogP contribution in [0.3, 0.4) is 0 Å². The summed E-state index contributed by atoms with van der Waals surface area (Å²) in [6.45, 7) is 5.58. The van der Waals surface area contributed by atoms with Crippen LogP contribution in [0.4, 0.5) is 4.39 Å². The van der Waals surface area contributed by atoms with Crippen molar-refractivity contribution in [3.63, 3.8) is 0 Å². The van der Waals surface area contributed by atoms with E-state index in [-0.39, 0.29) is 0 Å². The summed E-state index contributed by atoms with van der Waals surface area (Å²) in [6.07, 6.45) is 2.05. The number of halogens is 1. The minimum Gasteiger partial charge on any atom is -0.387 e. The molecule has 2 atom stereocenters. The van der Waals surface area contributed by atoms with Crippen LogP contribution in [0.1, 0.15) is 46.5 Å². The van der Waals surface area contributed by atoms with Crippen LogP contribution in [-0.4, -0.2) is 16.9 Å². The Morgan fingerprint density at radius 3 is 2.18 bits per heavy atom. The maximum atomic E-state index is 12.7. The van der Waals surface area contributed by atoms with E-state index in [1.807, 2.05) is 13.8 Å². The van der Waals surface area contributed by atoms with Gasteiger partial charge in [-0.2, -0.15) is 0 Å². The molecule has 0 heterocycles. The van der Waals surface area contributed by atoms with Gasteiger partial charge in [-0.25, -0.2) is 4.39 Å². The van der Waals surface area contributed by atoms with E-state index in [2.05, 4.69) is 0 Å². The third-order valence-electron chi connectivity index (χ3n) is 2.07. The Balaban J connectivity index is 0.000000461. The Morgan fingerprint density at radius 2 is 1.91 bits per heavy atom. The van der Waals surface area contributed by atoms with Gasteiger partial charge in [0.15, 0.2) is 0 Å². The average molecular weight is 162 g/mol. The molecule has 0 spiro atoms. The highest BCUT2D eigenvalue weighted by Crippen LogP contribution is 2.29. The van der Waals surface area contributed by atoms with E-state index in [0.29, 0.717) is 12.8 Å². The van der Waals surface area contributed by atoms with Crippen molar-refractivity contribution < 1.29 is 9.50 Å². The first-order chi connectivity index (χ1) is 5.13. The molecule has 1 rings (SSSR count). The third kappa shape index (κ3) is 3.19. The van der Waals surface area contributed by atoms with Crippen LogP contribution in [0, 0.1) is 0 Å². The van der Waals surface area contributed by atoms with Crippen LogP contribution < -0.4 is 0 Å². The normalized spacial score (nSPS) is 37.4. The first-order valence-electron chi connectivity index (χ1n) is 4.49. The lowest BCUT2D eigenvalue weighted by molar-refractivity contribution is -0.0472. The summed E-state index contributed by atoms with van der Waals surface area (Å²) >= 11 is 0. The molecule has 1 saturated carbocycles. The van der Waals surface area contributed by atoms with Crippen LogP contribution in [-0.2, 0) is 0 Å². The first-order valence-corrected chi connectivity index (χ1v) is 4.49. The summed E-state index contributed by atoms with van der Waals surface area (Å²) in [5.74, 6) is 0. The SMILES string of the molecule is CC.CC1(O)CCCCC1F. The van der Waals surface area contributed by atoms with Crippen molar-refractivity contribution in [2.75, 3.05) is 0 Å². The molecule has 1 fully saturated rings. The van der Waals surface area contributed by atoms with Gasteiger partial charge in [0.25, 0.3) is 0 Å². The molecule has 0 amide bonds. The maximum absolute atomic E-state index is 12.7. The van der Waals surface area contributed by atoms with Gasteiger partial charge in [0, 0.05) is 0 Å². The zero-order valence-corrected chi connectivity index (χ0v) is 7.73. The van der Waals surface area contributed by atoms with Crippen LogP contribution in [0.25, 0.3) is 0 Å². The summed E-state index contributed by atoms with van der Waals surface area (Å²) in [6, 6.07) is 0. The highest BCUT2D eigenvalue weighted by Gasteiger charge is 2.34. The smallest absolute Gasteiger partial charge is 0.128 e. The second kappa shape index (κ2) is 4.70. The van der Waals surface area contributed by atoms with Crippen molar-refractivity contribution in [3.8, 4) is 0 Å². The van der Waals surface area contributed by atoms with E-state index in [9.17, 15) is 9.50 Å². The van der Waals surface area contributed by atoms with Gasteiger partial charge in [0.2, 0.25) is 0 Å². The summed E-state index contributed by atoms with van der Waals surface area (Å²) < 4.78 is 12.7. The Kier molecular flexibility index (Phi) is 4.66. The molecular weight excluding hydrogens is 143 g/mol. The van der Waals surface area contributed by atoms with Gasteiger partial charge in [-0.05, 0) is 19.8 Å². The largest absolute Gasteiger partial charge is 0.387 e. The van der Waals surface area contributed by atoms with Crippen LogP contribution in [0.5, 0.6) is 0 Å². The van der Waals surface area contributed by atoms with E-state index in [1.54, 1.807) is 6.92 Å². The molecule has 0 aromatic heterocycles. The quantitative estimate of drug-likeness (QED) is 0.580. The number of aliphatic hydroxyl groups is 1. The lowest BCUT2D eigenvalue weighted by atomic mass is 9.85. The second-order valence-corrected chi connectivity index (χ2v) is 3.07. The Morgan fingerprint density at radius 1 is 1.36 bits per heavy atom. The monoisotopic (exact) mass is 162 g/mol. The summed E-state index contributed by atoms with van der Waals surface area (Å²) in [5.41, 5.74) is -1.03. The van der Waals surface area contributed by atoms with Gasteiger partial charge in [-0.15, -0.1) is 0 Å². The Bertz CT molecular complexity index is 102. The molecule has 68 valence electrons. The van der Waals surface area contributed by atoms with Gasteiger partial charge in [0.05, 0.1) is 5.60 Å². The fourth-order valence-electron chi connectivity index (χ4n) is 1.27. The van der Waals surface area contributed by atoms with Gasteiger partial charge in [0.1, 0.15) is 6.17 Å². The van der Waals surface area contributed by atoms with E-state index in [0.717, 1.165) is 12.8 Å². The number of hydrogen-bond acceptors (Lipinski definition) is 1. The van der Waals surface area contributed by atoms with Gasteiger partial charge < -0.3 is 5.11 Å². The minimum absolute atomic E-state index is 0.535. The molecule has 0 aromatic carbocycles. The average Bonchev–Trinajstić information content (AvgIpc) is 2.00. The highest BCUT2D eigenvalue weighted by atomic mass is 19.1. The molecule has 1 N–H and O–H groups in total. The van der Waals surface area contributed by atoms with Crippen LogP contribution in [0.15, 0.2) is 0 Å². The molecule has 11 heavy (non-hydrogen) atoms. The molecule has 1 nitrogen and oxygen atoms in total. The molecule has 0 aliphatic heterocycles. The predicted octanol–water partition coefficient (Wildman–Crippen LogP) is 2.68. The fraction of sp³-hybridized carbons (Fsp3) is 1.00. The second-order valence-electron chi connectivity index (χ2n) is 3.07. The molecule has 1 aliphatic carbocycles. The van der Waals surface area contributed by atoms with Crippen molar-refractivity contribution in [1.29, 1.82) is 0 Å². The zero-order valence-electron chi connectivity index (χ0n) is 7.73. The topological polar surface area (TPSA) is 20.2 Å². The fourth-order valence-corrected chi connectivity index (χ4v) is 1.27. The first kappa shape index (κ1) is 10.9. The number of rotatable bonds is 0. The molecule has 0 radical (unpaired) electrons. The van der Waals surface area contributed by atoms with Crippen LogP contribution >= 0.6 is 0 Å². The third-order valence-corrected chi connectivity index (χ3v) is 2.07. The van der Waals surface area contributed by atoms with Crippen molar-refractivity contribution in [3.05, 3.63) is 0 Å². The molecule has 2 unspecified atom stereocenters. The van der Waals surface area contributed by atoms with Gasteiger partial charge in [-0.1, -0.05) is 26.7 Å². The lowest BCUT2D eigenvalue weighted by Gasteiger charge is -2.31. The van der Waals surface area contributed by atoms with Crippen molar-refractivity contribution in [1.82, 2.24) is 0 Å². The predicted molar refractivity (Wildman–Crippen MR) is 45.3 cm³/mol. The van der Waals surface area contributed by atoms with E-state index in [1.165, 1.54) is 0 Å². The van der Waals surface area contributed by atoms with Gasteiger partial charge in [-0.3, -0.25) is 0 Å². The van der Waals surface area contributed by atoms with E-state index in [4.69, 9.17) is 0 Å². The van der Waals surface area contributed by atoms with Crippen molar-refractivity contribution in [2.24, 2.45) is 0 Å². The lowest BCUT2D eigenvalue weighted by Crippen LogP contribution is -2.38. The summed E-state index contributed by atoms with van der Waals surface area (Å²) in [5, 5.41) is 9.27. The Labute approximate surface area is 68.6 Å². The van der Waals surface area contributed by atoms with Gasteiger partial charge >= 0.3 is 0 Å². The van der Waals surface area contributed by atoms with E-state index < -0.39 is 11.8 Å². The molecule has 0 aromatic rings. The maximum Gasteiger partial charge on any atom is 0.128 e. The van der Waals surface area contributed by atoms with Crippen molar-refractivity contribution in [2.45, 2.75) is 58.2 Å². The van der Waals surface area contributed by atoms with E-state index >= 15 is 0 Å². The van der Waals surface area contributed by atoms with Crippen LogP contribution in [0.2, 0.25) is 0 Å². The van der Waals surface area contributed by atoms with Crippen molar-refractivity contribution >= 4 is 0 Å². The highest BCUT2D eigenvalue weighted by molar-refractivity contribution is 4.85. The number of hydrogen-bond donors (Lipinski definition) is 1. The summed E-state index contributed by atoms with van der Waals surface area (Å²) in [4.78, 5) is 0. The molecule has 1 aliphatic rings. The molecule has 0 bridgehead atoms. The molecular formula is C9H19FO. The molecule has 2 heteroatoms. The standard InChI is InChI=1S/C7H13FO.C2H6/c1-7(9)5-3-2-4-6(7)8;1-2/h6,9H,2-5H2,1H3;1-2H3. The summed E-state index contributed by atoms with van der Waals surface area (Å²) in [7, 11) is 0.